The summed E-state index contributed by atoms with van der Waals surface area (Å²) < 4.78 is 31.7. The van der Waals surface area contributed by atoms with Crippen LogP contribution in [0, 0.1) is 25.5 Å². The SMILES string of the molecule is Cc1nn(C)c(=O)c(C(=O)OCC(=O)Nc2ccc(F)c(F)c2)c1C. The van der Waals surface area contributed by atoms with Gasteiger partial charge in [0.15, 0.2) is 18.2 Å². The topological polar surface area (TPSA) is 90.3 Å². The molecule has 0 saturated carbocycles. The number of esters is 1. The first kappa shape index (κ1) is 18.2. The highest BCUT2D eigenvalue weighted by atomic mass is 19.2. The van der Waals surface area contributed by atoms with Crippen LogP contribution in [0.3, 0.4) is 0 Å². The van der Waals surface area contributed by atoms with Gasteiger partial charge >= 0.3 is 5.97 Å². The van der Waals surface area contributed by atoms with E-state index >= 15 is 0 Å². The van der Waals surface area contributed by atoms with Crippen LogP contribution in [-0.2, 0) is 16.6 Å². The lowest BCUT2D eigenvalue weighted by Crippen LogP contribution is -2.31. The minimum atomic E-state index is -1.12. The molecular formula is C16H15F2N3O4. The smallest absolute Gasteiger partial charge is 0.344 e. The number of aromatic nitrogens is 2. The van der Waals surface area contributed by atoms with Crippen molar-refractivity contribution in [2.75, 3.05) is 11.9 Å². The first-order chi connectivity index (χ1) is 11.7. The number of nitrogens with zero attached hydrogens (tertiary/aromatic N) is 2. The number of hydrogen-bond acceptors (Lipinski definition) is 5. The Kier molecular flexibility index (Phi) is 5.26. The van der Waals surface area contributed by atoms with Gasteiger partial charge in [0.05, 0.1) is 5.69 Å². The monoisotopic (exact) mass is 351 g/mol. The fourth-order valence-electron chi connectivity index (χ4n) is 2.06. The second kappa shape index (κ2) is 7.20. The number of rotatable bonds is 4. The molecule has 0 unspecified atom stereocenters. The summed E-state index contributed by atoms with van der Waals surface area (Å²) in [6.45, 7) is 2.48. The summed E-state index contributed by atoms with van der Waals surface area (Å²) in [5.41, 5.74) is -0.0223. The van der Waals surface area contributed by atoms with Crippen molar-refractivity contribution < 1.29 is 23.1 Å². The molecule has 0 bridgehead atoms. The van der Waals surface area contributed by atoms with Crippen molar-refractivity contribution in [3.05, 3.63) is 57.0 Å². The molecule has 1 amide bonds. The first-order valence-electron chi connectivity index (χ1n) is 7.17. The molecule has 0 aliphatic rings. The van der Waals surface area contributed by atoms with Crippen LogP contribution in [0.1, 0.15) is 21.6 Å². The van der Waals surface area contributed by atoms with Crippen LogP contribution in [0.2, 0.25) is 0 Å². The summed E-state index contributed by atoms with van der Waals surface area (Å²) in [5.74, 6) is -3.91. The van der Waals surface area contributed by atoms with Crippen LogP contribution in [0.5, 0.6) is 0 Å². The number of ether oxygens (including phenoxy) is 1. The van der Waals surface area contributed by atoms with Gasteiger partial charge in [0.1, 0.15) is 5.56 Å². The Bertz CT molecular complexity index is 909. The van der Waals surface area contributed by atoms with E-state index in [0.717, 1.165) is 22.9 Å². The maximum absolute atomic E-state index is 13.1. The Hall–Kier alpha value is -3.10. The number of benzene rings is 1. The number of nitrogens with one attached hydrogen (secondary N) is 1. The number of halogens is 2. The van der Waals surface area contributed by atoms with Crippen molar-refractivity contribution in [2.45, 2.75) is 13.8 Å². The molecule has 1 N–H and O–H groups in total. The van der Waals surface area contributed by atoms with E-state index in [2.05, 4.69) is 10.4 Å². The molecule has 2 aromatic rings. The van der Waals surface area contributed by atoms with Crippen molar-refractivity contribution in [1.82, 2.24) is 9.78 Å². The molecule has 0 spiro atoms. The molecule has 0 saturated heterocycles. The molecule has 0 atom stereocenters. The Morgan fingerprint density at radius 1 is 1.24 bits per heavy atom. The quantitative estimate of drug-likeness (QED) is 0.843. The molecule has 9 heteroatoms. The molecule has 1 aromatic carbocycles. The van der Waals surface area contributed by atoms with Gasteiger partial charge in [-0.1, -0.05) is 0 Å². The third kappa shape index (κ3) is 4.06. The van der Waals surface area contributed by atoms with Crippen LogP contribution in [0.15, 0.2) is 23.0 Å². The Morgan fingerprint density at radius 3 is 2.56 bits per heavy atom. The number of hydrogen-bond donors (Lipinski definition) is 1. The third-order valence-corrected chi connectivity index (χ3v) is 3.47. The predicted molar refractivity (Wildman–Crippen MR) is 84.2 cm³/mol. The highest BCUT2D eigenvalue weighted by molar-refractivity contribution is 5.96. The van der Waals surface area contributed by atoms with Crippen molar-refractivity contribution >= 4 is 17.6 Å². The van der Waals surface area contributed by atoms with E-state index in [4.69, 9.17) is 4.74 Å². The zero-order valence-corrected chi connectivity index (χ0v) is 13.7. The molecule has 1 heterocycles. The van der Waals surface area contributed by atoms with Crippen LogP contribution in [-0.4, -0.2) is 28.3 Å². The molecule has 0 aliphatic carbocycles. The Balaban J connectivity index is 2.06. The van der Waals surface area contributed by atoms with Crippen molar-refractivity contribution in [1.29, 1.82) is 0 Å². The molecule has 7 nitrogen and oxygen atoms in total. The van der Waals surface area contributed by atoms with Crippen molar-refractivity contribution in [3.63, 3.8) is 0 Å². The average Bonchev–Trinajstić information content (AvgIpc) is 2.55. The van der Waals surface area contributed by atoms with Gasteiger partial charge in [0.2, 0.25) is 0 Å². The minimum absolute atomic E-state index is 0.00630. The molecule has 0 aliphatic heterocycles. The summed E-state index contributed by atoms with van der Waals surface area (Å²) in [6.07, 6.45) is 0. The lowest BCUT2D eigenvalue weighted by atomic mass is 10.1. The highest BCUT2D eigenvalue weighted by Gasteiger charge is 2.20. The van der Waals surface area contributed by atoms with Crippen LogP contribution in [0.4, 0.5) is 14.5 Å². The van der Waals surface area contributed by atoms with E-state index in [1.807, 2.05) is 0 Å². The first-order valence-corrected chi connectivity index (χ1v) is 7.17. The summed E-state index contributed by atoms with van der Waals surface area (Å²) >= 11 is 0. The number of anilines is 1. The van der Waals surface area contributed by atoms with Gasteiger partial charge in [-0.3, -0.25) is 9.59 Å². The van der Waals surface area contributed by atoms with Crippen LogP contribution >= 0.6 is 0 Å². The Labute approximate surface area is 141 Å². The van der Waals surface area contributed by atoms with Crippen molar-refractivity contribution in [3.8, 4) is 0 Å². The predicted octanol–water partition coefficient (Wildman–Crippen LogP) is 1.47. The maximum atomic E-state index is 13.1. The highest BCUT2D eigenvalue weighted by Crippen LogP contribution is 2.13. The van der Waals surface area contributed by atoms with E-state index in [9.17, 15) is 23.2 Å². The Morgan fingerprint density at radius 2 is 1.92 bits per heavy atom. The summed E-state index contributed by atoms with van der Waals surface area (Å²) in [4.78, 5) is 35.9. The van der Waals surface area contributed by atoms with Gasteiger partial charge in [-0.2, -0.15) is 5.10 Å². The van der Waals surface area contributed by atoms with Crippen LogP contribution in [0.25, 0.3) is 0 Å². The van der Waals surface area contributed by atoms with Gasteiger partial charge in [0.25, 0.3) is 11.5 Å². The second-order valence-electron chi connectivity index (χ2n) is 5.27. The van der Waals surface area contributed by atoms with Gasteiger partial charge in [-0.05, 0) is 31.5 Å². The summed E-state index contributed by atoms with van der Waals surface area (Å²) in [7, 11) is 1.39. The van der Waals surface area contributed by atoms with E-state index in [-0.39, 0.29) is 11.3 Å². The van der Waals surface area contributed by atoms with Crippen LogP contribution < -0.4 is 10.9 Å². The summed E-state index contributed by atoms with van der Waals surface area (Å²) in [6, 6.07) is 2.80. The van der Waals surface area contributed by atoms with Gasteiger partial charge in [-0.25, -0.2) is 18.3 Å². The zero-order valence-electron chi connectivity index (χ0n) is 13.7. The number of amides is 1. The number of aryl methyl sites for hydroxylation is 2. The standard InChI is InChI=1S/C16H15F2N3O4/c1-8-9(2)20-21(3)15(23)14(8)16(24)25-7-13(22)19-10-4-5-11(17)12(18)6-10/h4-6H,7H2,1-3H3,(H,19,22). The molecule has 2 rings (SSSR count). The largest absolute Gasteiger partial charge is 0.452 e. The molecule has 132 valence electrons. The van der Waals surface area contributed by atoms with E-state index in [1.165, 1.54) is 7.05 Å². The molecule has 1 aromatic heterocycles. The normalized spacial score (nSPS) is 10.4. The van der Waals surface area contributed by atoms with Gasteiger partial charge < -0.3 is 10.1 Å². The third-order valence-electron chi connectivity index (χ3n) is 3.47. The van der Waals surface area contributed by atoms with E-state index < -0.39 is 35.7 Å². The molecular weight excluding hydrogens is 336 g/mol. The second-order valence-corrected chi connectivity index (χ2v) is 5.27. The van der Waals surface area contributed by atoms with E-state index in [1.54, 1.807) is 13.8 Å². The van der Waals surface area contributed by atoms with Gasteiger partial charge in [0, 0.05) is 18.8 Å². The van der Waals surface area contributed by atoms with E-state index in [0.29, 0.717) is 11.3 Å². The van der Waals surface area contributed by atoms with Gasteiger partial charge in [-0.15, -0.1) is 0 Å². The maximum Gasteiger partial charge on any atom is 0.344 e. The lowest BCUT2D eigenvalue weighted by Gasteiger charge is -2.10. The fourth-order valence-corrected chi connectivity index (χ4v) is 2.06. The minimum Gasteiger partial charge on any atom is -0.452 e. The average molecular weight is 351 g/mol. The summed E-state index contributed by atoms with van der Waals surface area (Å²) in [5, 5.41) is 6.18. The molecule has 25 heavy (non-hydrogen) atoms. The van der Waals surface area contributed by atoms with Crippen molar-refractivity contribution in [2.24, 2.45) is 7.05 Å². The fraction of sp³-hybridized carbons (Fsp3) is 0.250. The number of carbonyl (C=O) groups excluding carboxylic acids is 2. The number of carbonyl (C=O) groups is 2. The lowest BCUT2D eigenvalue weighted by molar-refractivity contribution is -0.119. The molecule has 0 fully saturated rings. The molecule has 0 radical (unpaired) electrons. The zero-order chi connectivity index (χ0) is 18.7.